The maximum Gasteiger partial charge on any atom is 0.401 e. The van der Waals surface area contributed by atoms with Gasteiger partial charge < -0.3 is 9.67 Å². The molecule has 2 aromatic rings. The van der Waals surface area contributed by atoms with Crippen LogP contribution in [0.1, 0.15) is 5.56 Å². The van der Waals surface area contributed by atoms with E-state index in [1.165, 1.54) is 11.9 Å². The molecular weight excluding hydrogens is 305 g/mol. The van der Waals surface area contributed by atoms with Crippen molar-refractivity contribution in [2.75, 3.05) is 20.1 Å². The summed E-state index contributed by atoms with van der Waals surface area (Å²) < 4.78 is 38.7. The fraction of sp³-hybridized carbons (Fsp3) is 0.429. The van der Waals surface area contributed by atoms with Crippen molar-refractivity contribution >= 4 is 23.3 Å². The summed E-state index contributed by atoms with van der Waals surface area (Å²) in [6.45, 7) is -0.642. The van der Waals surface area contributed by atoms with E-state index in [-0.39, 0.29) is 24.7 Å². The van der Waals surface area contributed by atoms with E-state index in [1.54, 1.807) is 12.1 Å². The molecule has 1 aromatic carbocycles. The molecule has 2 rings (SSSR count). The summed E-state index contributed by atoms with van der Waals surface area (Å²) in [7, 11) is 3.29. The fourth-order valence-electron chi connectivity index (χ4n) is 2.41. The van der Waals surface area contributed by atoms with Gasteiger partial charge in [0.15, 0.2) is 0 Å². The van der Waals surface area contributed by atoms with Gasteiger partial charge in [0, 0.05) is 25.2 Å². The monoisotopic (exact) mass is 322 g/mol. The maximum absolute atomic E-state index is 12.3. The topological polar surface area (TPSA) is 28.4 Å². The molecule has 0 radical (unpaired) electrons. The van der Waals surface area contributed by atoms with Gasteiger partial charge in [-0.3, -0.25) is 4.90 Å². The highest BCUT2D eigenvalue weighted by molar-refractivity contribution is 5.89. The molecule has 0 aliphatic carbocycles. The Hall–Kier alpha value is -1.40. The van der Waals surface area contributed by atoms with Crippen LogP contribution in [-0.2, 0) is 13.5 Å². The molecule has 0 aliphatic heterocycles. The minimum Gasteiger partial charge on any atom is -0.507 e. The van der Waals surface area contributed by atoms with E-state index in [1.807, 2.05) is 23.9 Å². The van der Waals surface area contributed by atoms with Gasteiger partial charge in [-0.1, -0.05) is 6.07 Å². The van der Waals surface area contributed by atoms with Gasteiger partial charge >= 0.3 is 6.18 Å². The van der Waals surface area contributed by atoms with Crippen molar-refractivity contribution in [2.24, 2.45) is 7.05 Å². The SMILES string of the molecule is CN(CCc1cn(C)c2cccc(O)c12)CC(F)(F)F.Cl. The molecule has 0 saturated carbocycles. The lowest BCUT2D eigenvalue weighted by molar-refractivity contribution is -0.142. The molecule has 0 amide bonds. The van der Waals surface area contributed by atoms with Crippen molar-refractivity contribution < 1.29 is 18.3 Å². The van der Waals surface area contributed by atoms with Gasteiger partial charge in [-0.15, -0.1) is 12.4 Å². The number of aryl methyl sites for hydroxylation is 1. The molecule has 1 N–H and O–H groups in total. The summed E-state index contributed by atoms with van der Waals surface area (Å²) >= 11 is 0. The first-order valence-electron chi connectivity index (χ1n) is 6.29. The predicted molar refractivity (Wildman–Crippen MR) is 79.1 cm³/mol. The average molecular weight is 323 g/mol. The minimum atomic E-state index is -4.18. The van der Waals surface area contributed by atoms with Crippen molar-refractivity contribution in [3.05, 3.63) is 30.0 Å². The first kappa shape index (κ1) is 17.7. The zero-order valence-electron chi connectivity index (χ0n) is 11.8. The summed E-state index contributed by atoms with van der Waals surface area (Å²) in [6, 6.07) is 5.21. The second-order valence-corrected chi connectivity index (χ2v) is 5.04. The number of alkyl halides is 3. The number of halogens is 4. The van der Waals surface area contributed by atoms with Crippen molar-refractivity contribution in [2.45, 2.75) is 12.6 Å². The van der Waals surface area contributed by atoms with Crippen LogP contribution in [0, 0.1) is 0 Å². The Morgan fingerprint density at radius 3 is 2.57 bits per heavy atom. The van der Waals surface area contributed by atoms with E-state index >= 15 is 0 Å². The minimum absolute atomic E-state index is 0. The van der Waals surface area contributed by atoms with E-state index in [0.717, 1.165) is 16.5 Å². The summed E-state index contributed by atoms with van der Waals surface area (Å²) in [4.78, 5) is 1.23. The molecule has 0 spiro atoms. The van der Waals surface area contributed by atoms with E-state index in [4.69, 9.17) is 0 Å². The number of fused-ring (bicyclic) bond motifs is 1. The number of phenolic OH excluding ortho intramolecular Hbond substituents is 1. The number of aromatic hydroxyl groups is 1. The van der Waals surface area contributed by atoms with E-state index in [0.29, 0.717) is 6.42 Å². The Morgan fingerprint density at radius 2 is 1.95 bits per heavy atom. The quantitative estimate of drug-likeness (QED) is 0.935. The largest absolute Gasteiger partial charge is 0.507 e. The van der Waals surface area contributed by atoms with Crippen LogP contribution >= 0.6 is 12.4 Å². The summed E-state index contributed by atoms with van der Waals surface area (Å²) in [6.07, 6.45) is -1.87. The number of nitrogens with zero attached hydrogens (tertiary/aromatic N) is 2. The molecule has 0 unspecified atom stereocenters. The van der Waals surface area contributed by atoms with Crippen LogP contribution < -0.4 is 0 Å². The molecule has 0 atom stereocenters. The van der Waals surface area contributed by atoms with Crippen LogP contribution in [-0.4, -0.2) is 40.9 Å². The standard InChI is InChI=1S/C14H17F3N2O.ClH/c1-18(9-14(15,16)17)7-6-10-8-19(2)11-4-3-5-12(20)13(10)11;/h3-5,8,20H,6-7,9H2,1-2H3;1H. The van der Waals surface area contributed by atoms with Gasteiger partial charge in [-0.2, -0.15) is 13.2 Å². The lowest BCUT2D eigenvalue weighted by Gasteiger charge is -2.18. The lowest BCUT2D eigenvalue weighted by Crippen LogP contribution is -2.32. The van der Waals surface area contributed by atoms with Crippen LogP contribution in [0.4, 0.5) is 13.2 Å². The van der Waals surface area contributed by atoms with E-state index in [2.05, 4.69) is 0 Å². The van der Waals surface area contributed by atoms with Crippen LogP contribution in [0.2, 0.25) is 0 Å². The van der Waals surface area contributed by atoms with Crippen LogP contribution in [0.5, 0.6) is 5.75 Å². The third-order valence-electron chi connectivity index (χ3n) is 3.28. The molecule has 0 saturated heterocycles. The van der Waals surface area contributed by atoms with Gasteiger partial charge in [0.05, 0.1) is 12.1 Å². The van der Waals surface area contributed by atoms with Gasteiger partial charge in [0.2, 0.25) is 0 Å². The molecule has 1 heterocycles. The molecule has 0 fully saturated rings. The molecular formula is C14H18ClF3N2O. The summed E-state index contributed by atoms with van der Waals surface area (Å²) in [5.41, 5.74) is 1.73. The zero-order chi connectivity index (χ0) is 14.9. The lowest BCUT2D eigenvalue weighted by atomic mass is 10.1. The van der Waals surface area contributed by atoms with Crippen molar-refractivity contribution in [1.29, 1.82) is 0 Å². The van der Waals surface area contributed by atoms with Crippen LogP contribution in [0.25, 0.3) is 10.9 Å². The van der Waals surface area contributed by atoms with Gasteiger partial charge in [0.25, 0.3) is 0 Å². The highest BCUT2D eigenvalue weighted by Crippen LogP contribution is 2.29. The Balaban J connectivity index is 0.00000220. The first-order chi connectivity index (χ1) is 9.28. The molecule has 7 heteroatoms. The molecule has 0 aliphatic rings. The fourth-order valence-corrected chi connectivity index (χ4v) is 2.41. The second kappa shape index (κ2) is 6.58. The van der Waals surface area contributed by atoms with Gasteiger partial charge in [-0.25, -0.2) is 0 Å². The number of hydrogen-bond donors (Lipinski definition) is 1. The third-order valence-corrected chi connectivity index (χ3v) is 3.28. The van der Waals surface area contributed by atoms with Crippen molar-refractivity contribution in [3.8, 4) is 5.75 Å². The normalized spacial score (nSPS) is 11.9. The first-order valence-corrected chi connectivity index (χ1v) is 6.29. The number of phenols is 1. The van der Waals surface area contributed by atoms with E-state index in [9.17, 15) is 18.3 Å². The zero-order valence-corrected chi connectivity index (χ0v) is 12.6. The summed E-state index contributed by atoms with van der Waals surface area (Å²) in [5.74, 6) is 0.163. The smallest absolute Gasteiger partial charge is 0.401 e. The number of benzene rings is 1. The Labute approximate surface area is 127 Å². The highest BCUT2D eigenvalue weighted by atomic mass is 35.5. The molecule has 0 bridgehead atoms. The molecule has 1 aromatic heterocycles. The van der Waals surface area contributed by atoms with Gasteiger partial charge in [0.1, 0.15) is 5.75 Å². The number of rotatable bonds is 4. The Morgan fingerprint density at radius 1 is 1.29 bits per heavy atom. The van der Waals surface area contributed by atoms with Crippen LogP contribution in [0.15, 0.2) is 24.4 Å². The Kier molecular flexibility index (Phi) is 5.53. The third kappa shape index (κ3) is 4.28. The molecule has 21 heavy (non-hydrogen) atoms. The van der Waals surface area contributed by atoms with Gasteiger partial charge in [-0.05, 0) is 31.2 Å². The number of hydrogen-bond acceptors (Lipinski definition) is 2. The number of likely N-dealkylation sites (N-methyl/N-ethyl adjacent to an activating group) is 1. The average Bonchev–Trinajstić information content (AvgIpc) is 2.63. The van der Waals surface area contributed by atoms with Crippen LogP contribution in [0.3, 0.4) is 0 Å². The predicted octanol–water partition coefficient (Wildman–Crippen LogP) is 3.34. The second-order valence-electron chi connectivity index (χ2n) is 5.04. The summed E-state index contributed by atoms with van der Waals surface area (Å²) in [5, 5.41) is 10.6. The maximum atomic E-state index is 12.3. The van der Waals surface area contributed by atoms with Crippen molar-refractivity contribution in [3.63, 3.8) is 0 Å². The number of aromatic nitrogens is 1. The highest BCUT2D eigenvalue weighted by Gasteiger charge is 2.29. The molecule has 118 valence electrons. The Bertz CT molecular complexity index is 610. The van der Waals surface area contributed by atoms with E-state index < -0.39 is 12.7 Å². The molecule has 3 nitrogen and oxygen atoms in total. The van der Waals surface area contributed by atoms with Crippen molar-refractivity contribution in [1.82, 2.24) is 9.47 Å².